The molecule has 0 radical (unpaired) electrons. The average molecular weight is 489 g/mol. The van der Waals surface area contributed by atoms with Gasteiger partial charge in [-0.15, -0.1) is 0 Å². The molecule has 0 amide bonds. The van der Waals surface area contributed by atoms with Gasteiger partial charge in [0.1, 0.15) is 6.10 Å². The zero-order valence-electron chi connectivity index (χ0n) is 20.3. The summed E-state index contributed by atoms with van der Waals surface area (Å²) in [5.41, 5.74) is 0. The molecule has 0 heterocycles. The van der Waals surface area contributed by atoms with Gasteiger partial charge in [0.05, 0.1) is 13.2 Å². The van der Waals surface area contributed by atoms with Crippen LogP contribution in [0.2, 0.25) is 0 Å². The van der Waals surface area contributed by atoms with Crippen LogP contribution in [0.25, 0.3) is 0 Å². The highest BCUT2D eigenvalue weighted by atomic mass is 31.2. The fourth-order valence-corrected chi connectivity index (χ4v) is 10.6. The van der Waals surface area contributed by atoms with Crippen molar-refractivity contribution in [3.8, 4) is 0 Å². The van der Waals surface area contributed by atoms with Gasteiger partial charge in [-0.2, -0.15) is 0 Å². The molecule has 0 saturated carbocycles. The Balaban J connectivity index is 5.44. The summed E-state index contributed by atoms with van der Waals surface area (Å²) >= 11 is 0. The highest BCUT2D eigenvalue weighted by Crippen LogP contribution is 2.53. The van der Waals surface area contributed by atoms with E-state index in [0.29, 0.717) is 37.0 Å². The first kappa shape index (κ1) is 30.6. The summed E-state index contributed by atoms with van der Waals surface area (Å²) in [5, 5.41) is 0. The van der Waals surface area contributed by atoms with E-state index in [9.17, 15) is 13.7 Å². The largest absolute Gasteiger partial charge is 0.326 e. The van der Waals surface area contributed by atoms with E-state index < -0.39 is 28.2 Å². The monoisotopic (exact) mass is 488 g/mol. The van der Waals surface area contributed by atoms with Crippen LogP contribution in [0.1, 0.15) is 80.1 Å². The zero-order valence-corrected chi connectivity index (χ0v) is 23.0. The number of rotatable bonds is 20. The van der Waals surface area contributed by atoms with Gasteiger partial charge >= 0.3 is 0 Å². The van der Waals surface area contributed by atoms with E-state index in [0.717, 1.165) is 38.5 Å². The molecule has 0 bridgehead atoms. The summed E-state index contributed by atoms with van der Waals surface area (Å²) in [6.45, 7) is 12.1. The van der Waals surface area contributed by atoms with Gasteiger partial charge in [-0.05, 0) is 38.5 Å². The van der Waals surface area contributed by atoms with Crippen LogP contribution in [0.4, 0.5) is 0 Å². The molecule has 0 spiro atoms. The summed E-state index contributed by atoms with van der Waals surface area (Å²) in [5.74, 6) is 0. The van der Waals surface area contributed by atoms with E-state index in [2.05, 4.69) is 0 Å². The maximum Gasteiger partial charge on any atom is 0.203 e. The normalized spacial score (nSPS) is 13.3. The third-order valence-corrected chi connectivity index (χ3v) is 13.4. The molecule has 0 rings (SSSR count). The van der Waals surface area contributed by atoms with Gasteiger partial charge in [0.25, 0.3) is 0 Å². The molecular formula is C21H47O6P3. The smallest absolute Gasteiger partial charge is 0.203 e. The van der Waals surface area contributed by atoms with Crippen molar-refractivity contribution < 1.29 is 27.3 Å². The quantitative estimate of drug-likeness (QED) is 0.163. The van der Waals surface area contributed by atoms with Gasteiger partial charge in [0, 0.05) is 37.0 Å². The molecule has 0 aromatic carbocycles. The van der Waals surface area contributed by atoms with Gasteiger partial charge in [-0.3, -0.25) is 13.7 Å². The minimum atomic E-state index is -2.84. The fraction of sp³-hybridized carbons (Fsp3) is 1.00. The second-order valence-electron chi connectivity index (χ2n) is 8.10. The van der Waals surface area contributed by atoms with Crippen molar-refractivity contribution >= 4 is 22.1 Å². The van der Waals surface area contributed by atoms with Crippen LogP contribution >= 0.6 is 22.1 Å². The predicted molar refractivity (Wildman–Crippen MR) is 131 cm³/mol. The van der Waals surface area contributed by atoms with Crippen LogP contribution in [0.5, 0.6) is 0 Å². The lowest BCUT2D eigenvalue weighted by molar-refractivity contribution is 0.0849. The van der Waals surface area contributed by atoms with Crippen LogP contribution in [0, 0.1) is 0 Å². The summed E-state index contributed by atoms with van der Waals surface area (Å²) in [7, 11) is -8.35. The minimum Gasteiger partial charge on any atom is -0.326 e. The SMILES string of the molecule is CCCP(=O)(CCC)OCC(COP(=O)(CCC)CCC)OP(=O)(CCC)CCC. The van der Waals surface area contributed by atoms with Crippen molar-refractivity contribution in [1.29, 1.82) is 0 Å². The Labute approximate surface area is 186 Å². The van der Waals surface area contributed by atoms with Crippen LogP contribution in [0.3, 0.4) is 0 Å². The lowest BCUT2D eigenvalue weighted by Gasteiger charge is -2.28. The lowest BCUT2D eigenvalue weighted by atomic mass is 10.4. The molecule has 0 aromatic rings. The van der Waals surface area contributed by atoms with E-state index in [-0.39, 0.29) is 13.2 Å². The van der Waals surface area contributed by atoms with Crippen LogP contribution in [0.15, 0.2) is 0 Å². The molecule has 9 heteroatoms. The summed E-state index contributed by atoms with van der Waals surface area (Å²) < 4.78 is 57.4. The molecular weight excluding hydrogens is 441 g/mol. The molecule has 0 aliphatic heterocycles. The predicted octanol–water partition coefficient (Wildman–Crippen LogP) is 7.70. The van der Waals surface area contributed by atoms with Gasteiger partial charge in [0.2, 0.25) is 22.1 Å². The Morgan fingerprint density at radius 1 is 0.500 bits per heavy atom. The molecule has 6 nitrogen and oxygen atoms in total. The molecule has 0 N–H and O–H groups in total. The molecule has 0 aliphatic carbocycles. The summed E-state index contributed by atoms with van der Waals surface area (Å²) in [6.07, 6.45) is 7.15. The van der Waals surface area contributed by atoms with E-state index in [1.54, 1.807) is 0 Å². The van der Waals surface area contributed by atoms with Crippen LogP contribution in [-0.2, 0) is 27.3 Å². The van der Waals surface area contributed by atoms with Crippen molar-refractivity contribution in [2.75, 3.05) is 50.2 Å². The number of hydrogen-bond acceptors (Lipinski definition) is 6. The van der Waals surface area contributed by atoms with Gasteiger partial charge in [0.15, 0.2) is 0 Å². The Bertz CT molecular complexity index is 517. The maximum absolute atomic E-state index is 13.3. The molecule has 0 atom stereocenters. The van der Waals surface area contributed by atoms with Crippen LogP contribution in [-0.4, -0.2) is 56.3 Å². The van der Waals surface area contributed by atoms with Crippen LogP contribution < -0.4 is 0 Å². The summed E-state index contributed by atoms with van der Waals surface area (Å²) in [6, 6.07) is 0. The highest BCUT2D eigenvalue weighted by molar-refractivity contribution is 7.59. The Morgan fingerprint density at radius 2 is 0.767 bits per heavy atom. The van der Waals surface area contributed by atoms with Crippen molar-refractivity contribution in [1.82, 2.24) is 0 Å². The Hall–Kier alpha value is 0.570. The molecule has 30 heavy (non-hydrogen) atoms. The zero-order chi connectivity index (χ0) is 23.1. The van der Waals surface area contributed by atoms with Crippen molar-refractivity contribution in [3.05, 3.63) is 0 Å². The lowest BCUT2D eigenvalue weighted by Crippen LogP contribution is -2.26. The maximum atomic E-state index is 13.3. The molecule has 0 fully saturated rings. The summed E-state index contributed by atoms with van der Waals surface area (Å²) in [4.78, 5) is 0. The van der Waals surface area contributed by atoms with Gasteiger partial charge in [-0.25, -0.2) is 0 Å². The Morgan fingerprint density at radius 3 is 1.03 bits per heavy atom. The second kappa shape index (κ2) is 16.2. The second-order valence-corrected chi connectivity index (χ2v) is 16.4. The van der Waals surface area contributed by atoms with E-state index in [1.807, 2.05) is 41.5 Å². The standard InChI is InChI=1S/C21H47O6P3/c1-7-13-28(22,14-8-2)25-19-21(27-30(24,17-11-5)18-12-6)20-26-29(23,15-9-3)16-10-4/h21H,7-20H2,1-6H3. The van der Waals surface area contributed by atoms with Crippen molar-refractivity contribution in [2.45, 2.75) is 86.2 Å². The van der Waals surface area contributed by atoms with E-state index in [1.165, 1.54) is 0 Å². The molecule has 182 valence electrons. The Kier molecular flexibility index (Phi) is 16.5. The van der Waals surface area contributed by atoms with Crippen molar-refractivity contribution in [3.63, 3.8) is 0 Å². The third kappa shape index (κ3) is 12.6. The van der Waals surface area contributed by atoms with Crippen molar-refractivity contribution in [2.24, 2.45) is 0 Å². The molecule has 0 saturated heterocycles. The first-order valence-electron chi connectivity index (χ1n) is 11.9. The van der Waals surface area contributed by atoms with E-state index in [4.69, 9.17) is 13.6 Å². The first-order chi connectivity index (χ1) is 14.1. The minimum absolute atomic E-state index is 0.0624. The highest BCUT2D eigenvalue weighted by Gasteiger charge is 2.31. The van der Waals surface area contributed by atoms with E-state index >= 15 is 0 Å². The first-order valence-corrected chi connectivity index (χ1v) is 17.9. The molecule has 0 unspecified atom stereocenters. The topological polar surface area (TPSA) is 78.9 Å². The number of hydrogen-bond donors (Lipinski definition) is 0. The third-order valence-electron chi connectivity index (χ3n) is 4.72. The van der Waals surface area contributed by atoms with Gasteiger partial charge < -0.3 is 13.6 Å². The molecule has 0 aliphatic rings. The molecule has 0 aromatic heterocycles. The van der Waals surface area contributed by atoms with Gasteiger partial charge in [-0.1, -0.05) is 41.5 Å². The fourth-order valence-electron chi connectivity index (χ4n) is 3.56. The average Bonchev–Trinajstić information content (AvgIpc) is 2.65.